The Morgan fingerprint density at radius 3 is 2.59 bits per heavy atom. The van der Waals surface area contributed by atoms with Crippen molar-refractivity contribution in [2.75, 3.05) is 25.6 Å². The molecule has 174 valence electrons. The smallest absolute Gasteiger partial charge is 0.257 e. The fourth-order valence-electron chi connectivity index (χ4n) is 7.88. The zero-order valence-electron chi connectivity index (χ0n) is 19.1. The van der Waals surface area contributed by atoms with Gasteiger partial charge in [-0.25, -0.2) is 9.97 Å². The van der Waals surface area contributed by atoms with Crippen LogP contribution in [0.1, 0.15) is 86.2 Å². The van der Waals surface area contributed by atoms with Crippen LogP contribution in [0.5, 0.6) is 0 Å². The number of carbonyl (C=O) groups is 1. The predicted molar refractivity (Wildman–Crippen MR) is 120 cm³/mol. The van der Waals surface area contributed by atoms with Crippen LogP contribution in [0.3, 0.4) is 0 Å². The van der Waals surface area contributed by atoms with Crippen LogP contribution in [-0.2, 0) is 4.74 Å². The number of nitrogens with one attached hydrogen (secondary N) is 1. The Bertz CT molecular complexity index is 864. The fourth-order valence-corrected chi connectivity index (χ4v) is 7.88. The Labute approximate surface area is 190 Å². The molecule has 1 aromatic heterocycles. The van der Waals surface area contributed by atoms with E-state index in [0.717, 1.165) is 63.7 Å². The molecule has 3 atom stereocenters. The number of aromatic nitrogens is 2. The van der Waals surface area contributed by atoms with Gasteiger partial charge >= 0.3 is 0 Å². The number of anilines is 1. The summed E-state index contributed by atoms with van der Waals surface area (Å²) in [6, 6.07) is 0.471. The predicted octanol–water partition coefficient (Wildman–Crippen LogP) is 3.35. The molecule has 0 aromatic carbocycles. The molecule has 5 saturated carbocycles. The van der Waals surface area contributed by atoms with E-state index in [4.69, 9.17) is 9.72 Å². The second-order valence-electron chi connectivity index (χ2n) is 11.3. The third kappa shape index (κ3) is 3.61. The van der Waals surface area contributed by atoms with E-state index >= 15 is 0 Å². The Morgan fingerprint density at radius 2 is 1.94 bits per heavy atom. The highest BCUT2D eigenvalue weighted by Gasteiger charge is 2.56. The van der Waals surface area contributed by atoms with Crippen LogP contribution in [0.25, 0.3) is 0 Å². The molecular formula is C25H36N4O3. The standard InChI is InChI=1S/C25H36N4O3/c1-29(22-17-8-15-9-18(22)12-25(31,10-15)11-17)23(30)20-13-26-24(27-19-6-7-32-14-19)28-21(20)16-4-2-3-5-16/h13,15-19,22,31H,2-12,14H2,1H3,(H,26,27,28). The van der Waals surface area contributed by atoms with E-state index in [2.05, 4.69) is 10.3 Å². The van der Waals surface area contributed by atoms with Crippen LogP contribution >= 0.6 is 0 Å². The molecule has 32 heavy (non-hydrogen) atoms. The minimum absolute atomic E-state index is 0.0621. The maximum absolute atomic E-state index is 13.8. The molecule has 1 aromatic rings. The van der Waals surface area contributed by atoms with Crippen molar-refractivity contribution in [3.05, 3.63) is 17.5 Å². The molecule has 1 amide bonds. The molecular weight excluding hydrogens is 404 g/mol. The fraction of sp³-hybridized carbons (Fsp3) is 0.800. The monoisotopic (exact) mass is 440 g/mol. The summed E-state index contributed by atoms with van der Waals surface area (Å²) in [6.45, 7) is 1.46. The number of amides is 1. The number of hydrogen-bond acceptors (Lipinski definition) is 6. The van der Waals surface area contributed by atoms with Crippen LogP contribution in [-0.4, -0.2) is 63.8 Å². The average molecular weight is 441 g/mol. The van der Waals surface area contributed by atoms with Crippen LogP contribution < -0.4 is 5.32 Å². The molecule has 3 unspecified atom stereocenters. The van der Waals surface area contributed by atoms with E-state index in [1.807, 2.05) is 11.9 Å². The Balaban J connectivity index is 1.26. The van der Waals surface area contributed by atoms with Gasteiger partial charge in [-0.15, -0.1) is 0 Å². The summed E-state index contributed by atoms with van der Waals surface area (Å²) >= 11 is 0. The summed E-state index contributed by atoms with van der Waals surface area (Å²) in [5.41, 5.74) is 1.13. The Kier molecular flexibility index (Phi) is 5.17. The van der Waals surface area contributed by atoms with Gasteiger partial charge in [0.1, 0.15) is 0 Å². The van der Waals surface area contributed by atoms with Crippen molar-refractivity contribution >= 4 is 11.9 Å². The molecule has 7 rings (SSSR count). The lowest BCUT2D eigenvalue weighted by molar-refractivity contribution is -0.152. The lowest BCUT2D eigenvalue weighted by Gasteiger charge is -2.59. The van der Waals surface area contributed by atoms with Gasteiger partial charge in [0.2, 0.25) is 5.95 Å². The van der Waals surface area contributed by atoms with Gasteiger partial charge in [-0.2, -0.15) is 0 Å². The molecule has 2 N–H and O–H groups in total. The zero-order chi connectivity index (χ0) is 21.9. The Morgan fingerprint density at radius 1 is 1.19 bits per heavy atom. The first-order valence-corrected chi connectivity index (χ1v) is 12.7. The van der Waals surface area contributed by atoms with Crippen molar-refractivity contribution in [1.29, 1.82) is 0 Å². The Hall–Kier alpha value is -1.73. The van der Waals surface area contributed by atoms with E-state index in [-0.39, 0.29) is 18.0 Å². The zero-order valence-corrected chi connectivity index (χ0v) is 19.1. The summed E-state index contributed by atoms with van der Waals surface area (Å²) in [7, 11) is 1.97. The van der Waals surface area contributed by atoms with Crippen molar-refractivity contribution in [2.45, 2.75) is 87.8 Å². The maximum Gasteiger partial charge on any atom is 0.257 e. The summed E-state index contributed by atoms with van der Waals surface area (Å²) in [5, 5.41) is 14.4. The summed E-state index contributed by atoms with van der Waals surface area (Å²) in [4.78, 5) is 25.3. The van der Waals surface area contributed by atoms with Crippen LogP contribution in [0.2, 0.25) is 0 Å². The molecule has 0 radical (unpaired) electrons. The number of carbonyl (C=O) groups excluding carboxylic acids is 1. The van der Waals surface area contributed by atoms with Crippen LogP contribution in [0.15, 0.2) is 6.20 Å². The second-order valence-corrected chi connectivity index (χ2v) is 11.3. The molecule has 0 spiro atoms. The van der Waals surface area contributed by atoms with Gasteiger partial charge in [-0.05, 0) is 69.1 Å². The molecule has 4 bridgehead atoms. The maximum atomic E-state index is 13.8. The van der Waals surface area contributed by atoms with Crippen molar-refractivity contribution in [1.82, 2.24) is 14.9 Å². The highest BCUT2D eigenvalue weighted by molar-refractivity contribution is 5.95. The van der Waals surface area contributed by atoms with Crippen molar-refractivity contribution in [3.8, 4) is 0 Å². The van der Waals surface area contributed by atoms with Crippen LogP contribution in [0.4, 0.5) is 5.95 Å². The SMILES string of the molecule is CN(C(=O)c1cnc(NC2CCOC2)nc1C1CCCC1)C1C2CC3CC1CC(O)(C3)C2. The number of nitrogens with zero attached hydrogens (tertiary/aromatic N) is 3. The lowest BCUT2D eigenvalue weighted by atomic mass is 9.52. The van der Waals surface area contributed by atoms with E-state index in [0.29, 0.717) is 41.8 Å². The van der Waals surface area contributed by atoms with E-state index in [9.17, 15) is 9.90 Å². The van der Waals surface area contributed by atoms with Gasteiger partial charge in [0, 0.05) is 31.8 Å². The van der Waals surface area contributed by atoms with Gasteiger partial charge in [0.15, 0.2) is 0 Å². The molecule has 5 aliphatic carbocycles. The third-order valence-electron chi connectivity index (χ3n) is 9.01. The third-order valence-corrected chi connectivity index (χ3v) is 9.01. The first kappa shape index (κ1) is 20.8. The van der Waals surface area contributed by atoms with Crippen molar-refractivity contribution in [3.63, 3.8) is 0 Å². The number of aliphatic hydroxyl groups is 1. The van der Waals surface area contributed by atoms with E-state index in [1.165, 1.54) is 12.8 Å². The van der Waals surface area contributed by atoms with E-state index in [1.54, 1.807) is 6.20 Å². The lowest BCUT2D eigenvalue weighted by Crippen LogP contribution is -2.61. The molecule has 7 nitrogen and oxygen atoms in total. The van der Waals surface area contributed by atoms with E-state index < -0.39 is 5.60 Å². The van der Waals surface area contributed by atoms with Crippen molar-refractivity contribution in [2.24, 2.45) is 17.8 Å². The highest BCUT2D eigenvalue weighted by Crippen LogP contribution is 2.57. The number of hydrogen-bond donors (Lipinski definition) is 2. The summed E-state index contributed by atoms with van der Waals surface area (Å²) in [6.07, 6.45) is 12.3. The highest BCUT2D eigenvalue weighted by atomic mass is 16.5. The quantitative estimate of drug-likeness (QED) is 0.730. The minimum atomic E-state index is -0.480. The van der Waals surface area contributed by atoms with Gasteiger partial charge in [0.05, 0.1) is 29.5 Å². The van der Waals surface area contributed by atoms with Crippen molar-refractivity contribution < 1.29 is 14.6 Å². The van der Waals surface area contributed by atoms with Gasteiger partial charge < -0.3 is 20.1 Å². The number of ether oxygens (including phenoxy) is 1. The first-order chi connectivity index (χ1) is 15.5. The number of rotatable bonds is 5. The molecule has 1 aliphatic heterocycles. The topological polar surface area (TPSA) is 87.6 Å². The molecule has 1 saturated heterocycles. The average Bonchev–Trinajstić information content (AvgIpc) is 3.46. The molecule has 7 heteroatoms. The minimum Gasteiger partial charge on any atom is -0.390 e. The summed E-state index contributed by atoms with van der Waals surface area (Å²) in [5.74, 6) is 2.49. The molecule has 6 aliphatic rings. The largest absolute Gasteiger partial charge is 0.390 e. The summed E-state index contributed by atoms with van der Waals surface area (Å²) < 4.78 is 5.48. The van der Waals surface area contributed by atoms with Gasteiger partial charge in [-0.1, -0.05) is 12.8 Å². The van der Waals surface area contributed by atoms with Gasteiger partial charge in [-0.3, -0.25) is 4.79 Å². The van der Waals surface area contributed by atoms with Gasteiger partial charge in [0.25, 0.3) is 5.91 Å². The normalized spacial score (nSPS) is 38.4. The first-order valence-electron chi connectivity index (χ1n) is 12.7. The second kappa shape index (κ2) is 7.94. The van der Waals surface area contributed by atoms with Crippen LogP contribution in [0, 0.1) is 17.8 Å². The molecule has 2 heterocycles. The molecule has 6 fully saturated rings.